The zero-order valence-corrected chi connectivity index (χ0v) is 12.1. The zero-order valence-electron chi connectivity index (χ0n) is 12.1. The van der Waals surface area contributed by atoms with Crippen LogP contribution in [0.4, 0.5) is 0 Å². The molecule has 2 heterocycles. The van der Waals surface area contributed by atoms with Gasteiger partial charge >= 0.3 is 0 Å². The van der Waals surface area contributed by atoms with Crippen molar-refractivity contribution in [3.63, 3.8) is 0 Å². The Bertz CT molecular complexity index is 670. The molecule has 3 heteroatoms. The van der Waals surface area contributed by atoms with Crippen LogP contribution in [0.1, 0.15) is 12.0 Å². The number of likely N-dealkylation sites (tertiary alicyclic amines) is 1. The van der Waals surface area contributed by atoms with E-state index in [1.165, 1.54) is 17.2 Å². The first-order chi connectivity index (χ1) is 10.3. The number of hydrogen-bond acceptors (Lipinski definition) is 2. The minimum absolute atomic E-state index is 0.265. The van der Waals surface area contributed by atoms with Crippen LogP contribution >= 0.6 is 0 Å². The summed E-state index contributed by atoms with van der Waals surface area (Å²) in [6.07, 6.45) is 1.73. The first kappa shape index (κ1) is 12.8. The Morgan fingerprint density at radius 1 is 1.14 bits per heavy atom. The van der Waals surface area contributed by atoms with Gasteiger partial charge in [0.2, 0.25) is 5.91 Å². The quantitative estimate of drug-likeness (QED) is 0.914. The third kappa shape index (κ3) is 2.42. The molecule has 0 aliphatic carbocycles. The number of fused-ring (bicyclic) bond motifs is 2. The van der Waals surface area contributed by atoms with Crippen LogP contribution in [-0.4, -0.2) is 36.5 Å². The minimum atomic E-state index is 0.265. The molecule has 2 aliphatic rings. The fourth-order valence-corrected chi connectivity index (χ4v) is 3.69. The van der Waals surface area contributed by atoms with Crippen molar-refractivity contribution in [2.24, 2.45) is 5.92 Å². The molecule has 1 amide bonds. The van der Waals surface area contributed by atoms with Gasteiger partial charge in [-0.05, 0) is 35.2 Å². The summed E-state index contributed by atoms with van der Waals surface area (Å²) in [5.74, 6) is 0.937. The number of nitrogens with one attached hydrogen (secondary N) is 1. The molecule has 2 atom stereocenters. The molecule has 0 radical (unpaired) electrons. The Morgan fingerprint density at radius 2 is 2.00 bits per heavy atom. The van der Waals surface area contributed by atoms with E-state index in [1.807, 2.05) is 17.0 Å². The highest BCUT2D eigenvalue weighted by Gasteiger charge is 2.37. The van der Waals surface area contributed by atoms with Gasteiger partial charge in [0.15, 0.2) is 0 Å². The molecule has 108 valence electrons. The molecule has 21 heavy (non-hydrogen) atoms. The number of hydrogen-bond donors (Lipinski definition) is 1. The predicted molar refractivity (Wildman–Crippen MR) is 84.1 cm³/mol. The predicted octanol–water partition coefficient (Wildman–Crippen LogP) is 2.20. The third-order valence-corrected chi connectivity index (χ3v) is 4.88. The Balaban J connectivity index is 1.48. The Morgan fingerprint density at radius 3 is 2.86 bits per heavy atom. The van der Waals surface area contributed by atoms with Crippen LogP contribution in [0.3, 0.4) is 0 Å². The number of nitrogens with zero attached hydrogens (tertiary/aromatic N) is 1. The lowest BCUT2D eigenvalue weighted by Gasteiger charge is -2.17. The molecule has 2 saturated heterocycles. The molecular weight excluding hydrogens is 260 g/mol. The van der Waals surface area contributed by atoms with Crippen LogP contribution in [0.2, 0.25) is 0 Å². The smallest absolute Gasteiger partial charge is 0.227 e. The average Bonchev–Trinajstić information content (AvgIpc) is 3.08. The van der Waals surface area contributed by atoms with Gasteiger partial charge in [0, 0.05) is 19.1 Å². The first-order valence-electron chi connectivity index (χ1n) is 7.78. The summed E-state index contributed by atoms with van der Waals surface area (Å²) in [7, 11) is 0. The number of benzene rings is 2. The number of amides is 1. The Hall–Kier alpha value is -1.87. The summed E-state index contributed by atoms with van der Waals surface area (Å²) >= 11 is 0. The molecule has 1 N–H and O–H groups in total. The van der Waals surface area contributed by atoms with Crippen LogP contribution in [0.15, 0.2) is 42.5 Å². The van der Waals surface area contributed by atoms with E-state index >= 15 is 0 Å². The van der Waals surface area contributed by atoms with Crippen LogP contribution in [0, 0.1) is 5.92 Å². The van der Waals surface area contributed by atoms with E-state index in [0.29, 0.717) is 18.4 Å². The van der Waals surface area contributed by atoms with Gasteiger partial charge in [-0.2, -0.15) is 0 Å². The van der Waals surface area contributed by atoms with E-state index in [-0.39, 0.29) is 5.91 Å². The maximum Gasteiger partial charge on any atom is 0.227 e. The second-order valence-corrected chi connectivity index (χ2v) is 6.27. The van der Waals surface area contributed by atoms with Crippen molar-refractivity contribution in [3.8, 4) is 0 Å². The normalized spacial score (nSPS) is 24.5. The van der Waals surface area contributed by atoms with Crippen molar-refractivity contribution in [3.05, 3.63) is 48.0 Å². The molecule has 2 aliphatic heterocycles. The van der Waals surface area contributed by atoms with Gasteiger partial charge in [0.1, 0.15) is 0 Å². The van der Waals surface area contributed by atoms with E-state index in [4.69, 9.17) is 0 Å². The van der Waals surface area contributed by atoms with E-state index in [1.54, 1.807) is 0 Å². The SMILES string of the molecule is O=C(Cc1ccc2ccccc2c1)N1C[C@@H]2CCN[C@@H]2C1. The monoisotopic (exact) mass is 280 g/mol. The topological polar surface area (TPSA) is 32.3 Å². The highest BCUT2D eigenvalue weighted by molar-refractivity contribution is 5.85. The van der Waals surface area contributed by atoms with Gasteiger partial charge in [-0.1, -0.05) is 42.5 Å². The minimum Gasteiger partial charge on any atom is -0.340 e. The number of carbonyl (C=O) groups is 1. The highest BCUT2D eigenvalue weighted by atomic mass is 16.2. The highest BCUT2D eigenvalue weighted by Crippen LogP contribution is 2.25. The molecule has 3 nitrogen and oxygen atoms in total. The lowest BCUT2D eigenvalue weighted by atomic mass is 10.0. The fourth-order valence-electron chi connectivity index (χ4n) is 3.69. The molecule has 2 aromatic carbocycles. The number of rotatable bonds is 2. The summed E-state index contributed by atoms with van der Waals surface area (Å²) in [5.41, 5.74) is 1.11. The Kier molecular flexibility index (Phi) is 3.15. The standard InChI is InChI=1S/C18H20N2O/c21-18(20-11-16-7-8-19-17(16)12-20)10-13-5-6-14-3-1-2-4-15(14)9-13/h1-6,9,16-17,19H,7-8,10-12H2/t16-,17+/m0/s1. The average molecular weight is 280 g/mol. The van der Waals surface area contributed by atoms with Crippen LogP contribution < -0.4 is 5.32 Å². The molecule has 0 unspecified atom stereocenters. The molecule has 0 bridgehead atoms. The number of carbonyl (C=O) groups excluding carboxylic acids is 1. The van der Waals surface area contributed by atoms with Gasteiger partial charge in [-0.15, -0.1) is 0 Å². The summed E-state index contributed by atoms with van der Waals surface area (Å²) in [6.45, 7) is 2.93. The third-order valence-electron chi connectivity index (χ3n) is 4.88. The van der Waals surface area contributed by atoms with E-state index < -0.39 is 0 Å². The molecule has 0 spiro atoms. The lowest BCUT2D eigenvalue weighted by molar-refractivity contribution is -0.129. The molecular formula is C18H20N2O. The van der Waals surface area contributed by atoms with Crippen molar-refractivity contribution < 1.29 is 4.79 Å². The molecule has 0 aromatic heterocycles. The van der Waals surface area contributed by atoms with E-state index in [0.717, 1.165) is 25.2 Å². The summed E-state index contributed by atoms with van der Waals surface area (Å²) in [5, 5.41) is 5.94. The van der Waals surface area contributed by atoms with Gasteiger partial charge in [-0.25, -0.2) is 0 Å². The van der Waals surface area contributed by atoms with Crippen LogP contribution in [0.25, 0.3) is 10.8 Å². The Labute approximate surface area is 124 Å². The largest absolute Gasteiger partial charge is 0.340 e. The van der Waals surface area contributed by atoms with Gasteiger partial charge in [-0.3, -0.25) is 4.79 Å². The van der Waals surface area contributed by atoms with Gasteiger partial charge in [0.25, 0.3) is 0 Å². The van der Waals surface area contributed by atoms with Crippen molar-refractivity contribution in [1.29, 1.82) is 0 Å². The summed E-state index contributed by atoms with van der Waals surface area (Å²) < 4.78 is 0. The lowest BCUT2D eigenvalue weighted by Crippen LogP contribution is -2.34. The fraction of sp³-hybridized carbons (Fsp3) is 0.389. The zero-order chi connectivity index (χ0) is 14.2. The first-order valence-corrected chi connectivity index (χ1v) is 7.78. The van der Waals surface area contributed by atoms with Gasteiger partial charge in [0.05, 0.1) is 6.42 Å². The van der Waals surface area contributed by atoms with Crippen molar-refractivity contribution in [2.75, 3.05) is 19.6 Å². The van der Waals surface area contributed by atoms with Crippen molar-refractivity contribution in [1.82, 2.24) is 10.2 Å². The van der Waals surface area contributed by atoms with E-state index in [9.17, 15) is 4.79 Å². The van der Waals surface area contributed by atoms with Crippen LogP contribution in [-0.2, 0) is 11.2 Å². The molecule has 2 aromatic rings. The molecule has 2 fully saturated rings. The van der Waals surface area contributed by atoms with Crippen LogP contribution in [0.5, 0.6) is 0 Å². The summed E-state index contributed by atoms with van der Waals surface area (Å²) in [6, 6.07) is 15.2. The second-order valence-electron chi connectivity index (χ2n) is 6.27. The maximum atomic E-state index is 12.5. The van der Waals surface area contributed by atoms with Gasteiger partial charge < -0.3 is 10.2 Å². The molecule has 0 saturated carbocycles. The molecule has 4 rings (SSSR count). The second kappa shape index (κ2) is 5.15. The maximum absolute atomic E-state index is 12.5. The summed E-state index contributed by atoms with van der Waals surface area (Å²) in [4.78, 5) is 14.5. The van der Waals surface area contributed by atoms with Crippen molar-refractivity contribution >= 4 is 16.7 Å². The van der Waals surface area contributed by atoms with Crippen molar-refractivity contribution in [2.45, 2.75) is 18.9 Å². The van der Waals surface area contributed by atoms with E-state index in [2.05, 4.69) is 35.6 Å².